The van der Waals surface area contributed by atoms with Crippen molar-refractivity contribution in [1.29, 1.82) is 0 Å². The normalized spacial score (nSPS) is 11.4. The fourth-order valence-corrected chi connectivity index (χ4v) is 1.39. The molecule has 0 aliphatic rings. The van der Waals surface area contributed by atoms with Crippen molar-refractivity contribution in [2.75, 3.05) is 7.11 Å². The number of nitrogens with zero attached hydrogens (tertiary/aromatic N) is 1. The average Bonchev–Trinajstić information content (AvgIpc) is 2.14. The number of aryl methyl sites for hydroxylation is 1. The van der Waals surface area contributed by atoms with Crippen LogP contribution in [0.5, 0.6) is 11.6 Å². The second-order valence-corrected chi connectivity index (χ2v) is 3.20. The van der Waals surface area contributed by atoms with E-state index in [1.165, 1.54) is 20.1 Å². The van der Waals surface area contributed by atoms with Crippen molar-refractivity contribution in [3.05, 3.63) is 17.3 Å². The largest absolute Gasteiger partial charge is 0.574 e. The number of ether oxygens (including phenoxy) is 2. The second kappa shape index (κ2) is 4.78. The van der Waals surface area contributed by atoms with Crippen LogP contribution in [0.4, 0.5) is 13.2 Å². The Labute approximate surface area is 95.1 Å². The molecular weight excluding hydrogens is 247 g/mol. The first-order chi connectivity index (χ1) is 7.37. The fraction of sp³-hybridized carbons (Fsp3) is 0.444. The molecule has 0 spiro atoms. The molecule has 0 saturated carbocycles. The zero-order chi connectivity index (χ0) is 12.3. The van der Waals surface area contributed by atoms with Gasteiger partial charge in [0.15, 0.2) is 0 Å². The molecule has 0 amide bonds. The molecule has 0 aliphatic heterocycles. The van der Waals surface area contributed by atoms with Crippen molar-refractivity contribution >= 4 is 11.6 Å². The minimum atomic E-state index is -4.80. The number of hydrogen-bond acceptors (Lipinski definition) is 3. The maximum atomic E-state index is 12.1. The Hall–Kier alpha value is -1.17. The van der Waals surface area contributed by atoms with Gasteiger partial charge in [-0.2, -0.15) is 0 Å². The van der Waals surface area contributed by atoms with Crippen molar-refractivity contribution in [1.82, 2.24) is 4.98 Å². The molecule has 0 radical (unpaired) electrons. The third-order valence-electron chi connectivity index (χ3n) is 1.74. The molecule has 1 aromatic heterocycles. The highest BCUT2D eigenvalue weighted by Gasteiger charge is 2.33. The highest BCUT2D eigenvalue weighted by Crippen LogP contribution is 2.32. The summed E-state index contributed by atoms with van der Waals surface area (Å²) in [5.74, 6) is -0.525. The lowest BCUT2D eigenvalue weighted by Gasteiger charge is -2.14. The van der Waals surface area contributed by atoms with Gasteiger partial charge in [-0.1, -0.05) is 0 Å². The van der Waals surface area contributed by atoms with Crippen LogP contribution < -0.4 is 9.47 Å². The van der Waals surface area contributed by atoms with E-state index in [1.807, 2.05) is 0 Å². The number of aromatic nitrogens is 1. The molecule has 1 heterocycles. The zero-order valence-corrected chi connectivity index (χ0v) is 9.32. The summed E-state index contributed by atoms with van der Waals surface area (Å²) >= 11 is 5.53. The number of pyridine rings is 1. The quantitative estimate of drug-likeness (QED) is 0.778. The predicted molar refractivity (Wildman–Crippen MR) is 51.8 cm³/mol. The first-order valence-electron chi connectivity index (χ1n) is 4.23. The van der Waals surface area contributed by atoms with Gasteiger partial charge in [0, 0.05) is 11.8 Å². The lowest BCUT2D eigenvalue weighted by molar-refractivity contribution is -0.276. The van der Waals surface area contributed by atoms with Gasteiger partial charge in [0.25, 0.3) is 0 Å². The van der Waals surface area contributed by atoms with E-state index in [9.17, 15) is 13.2 Å². The van der Waals surface area contributed by atoms with Gasteiger partial charge in [-0.3, -0.25) is 0 Å². The van der Waals surface area contributed by atoms with Crippen LogP contribution in [0, 0.1) is 6.92 Å². The van der Waals surface area contributed by atoms with E-state index in [-0.39, 0.29) is 17.2 Å². The van der Waals surface area contributed by atoms with Crippen LogP contribution in [0.2, 0.25) is 0 Å². The number of alkyl halides is 4. The first kappa shape index (κ1) is 12.9. The van der Waals surface area contributed by atoms with Crippen LogP contribution in [-0.4, -0.2) is 18.5 Å². The first-order valence-corrected chi connectivity index (χ1v) is 4.77. The third kappa shape index (κ3) is 3.16. The molecule has 7 heteroatoms. The van der Waals surface area contributed by atoms with Gasteiger partial charge in [-0.15, -0.1) is 24.8 Å². The Morgan fingerprint density at radius 1 is 1.44 bits per heavy atom. The summed E-state index contributed by atoms with van der Waals surface area (Å²) in [6, 6.07) is 1.49. The van der Waals surface area contributed by atoms with Gasteiger partial charge in [0.1, 0.15) is 5.75 Å². The van der Waals surface area contributed by atoms with Gasteiger partial charge < -0.3 is 9.47 Å². The van der Waals surface area contributed by atoms with Gasteiger partial charge >= 0.3 is 6.36 Å². The standard InChI is InChI=1S/C9H9ClF3NO2/c1-5-3-7(15-2)6(4-10)8(14-5)16-9(11,12)13/h3H,4H2,1-2H3. The molecule has 0 aliphatic carbocycles. The lowest BCUT2D eigenvalue weighted by Crippen LogP contribution is -2.19. The zero-order valence-electron chi connectivity index (χ0n) is 8.56. The molecule has 1 aromatic rings. The summed E-state index contributed by atoms with van der Waals surface area (Å²) < 4.78 is 44.9. The van der Waals surface area contributed by atoms with E-state index in [0.717, 1.165) is 0 Å². The van der Waals surface area contributed by atoms with Crippen LogP contribution in [0.25, 0.3) is 0 Å². The lowest BCUT2D eigenvalue weighted by atomic mass is 10.2. The van der Waals surface area contributed by atoms with E-state index < -0.39 is 12.2 Å². The van der Waals surface area contributed by atoms with Crippen molar-refractivity contribution in [2.24, 2.45) is 0 Å². The van der Waals surface area contributed by atoms with Crippen LogP contribution in [0.3, 0.4) is 0 Å². The van der Waals surface area contributed by atoms with E-state index in [1.54, 1.807) is 0 Å². The molecule has 90 valence electrons. The average molecular weight is 256 g/mol. The molecule has 0 atom stereocenters. The SMILES string of the molecule is COc1cc(C)nc(OC(F)(F)F)c1CCl. The minimum absolute atomic E-state index is 0.0760. The number of methoxy groups -OCH3 is 1. The van der Waals surface area contributed by atoms with Crippen LogP contribution in [-0.2, 0) is 5.88 Å². The Kier molecular flexibility index (Phi) is 3.85. The minimum Gasteiger partial charge on any atom is -0.496 e. The summed E-state index contributed by atoms with van der Waals surface area (Å²) in [7, 11) is 1.34. The van der Waals surface area contributed by atoms with E-state index in [4.69, 9.17) is 16.3 Å². The molecule has 1 rings (SSSR count). The van der Waals surface area contributed by atoms with Gasteiger partial charge in [0.2, 0.25) is 5.88 Å². The maximum Gasteiger partial charge on any atom is 0.574 e. The molecule has 0 unspecified atom stereocenters. The highest BCUT2D eigenvalue weighted by atomic mass is 35.5. The van der Waals surface area contributed by atoms with Crippen LogP contribution in [0.1, 0.15) is 11.3 Å². The summed E-state index contributed by atoms with van der Waals surface area (Å²) in [6.45, 7) is 1.53. The number of halogens is 4. The maximum absolute atomic E-state index is 12.1. The fourth-order valence-electron chi connectivity index (χ4n) is 1.14. The smallest absolute Gasteiger partial charge is 0.496 e. The molecule has 3 nitrogen and oxygen atoms in total. The molecule has 0 bridgehead atoms. The van der Waals surface area contributed by atoms with E-state index >= 15 is 0 Å². The molecule has 0 fully saturated rings. The summed E-state index contributed by atoms with van der Waals surface area (Å²) in [6.07, 6.45) is -4.80. The molecule has 0 saturated heterocycles. The second-order valence-electron chi connectivity index (χ2n) is 2.93. The van der Waals surface area contributed by atoms with Gasteiger partial charge in [-0.05, 0) is 6.92 Å². The Morgan fingerprint density at radius 3 is 2.50 bits per heavy atom. The highest BCUT2D eigenvalue weighted by molar-refractivity contribution is 6.17. The van der Waals surface area contributed by atoms with Crippen LogP contribution in [0.15, 0.2) is 6.07 Å². The predicted octanol–water partition coefficient (Wildman–Crippen LogP) is 3.04. The van der Waals surface area contributed by atoms with Crippen molar-refractivity contribution in [3.63, 3.8) is 0 Å². The molecule has 0 aromatic carbocycles. The van der Waals surface area contributed by atoms with Crippen molar-refractivity contribution in [3.8, 4) is 11.6 Å². The van der Waals surface area contributed by atoms with Gasteiger partial charge in [-0.25, -0.2) is 4.98 Å². The van der Waals surface area contributed by atoms with Crippen LogP contribution >= 0.6 is 11.6 Å². The number of rotatable bonds is 3. The third-order valence-corrected chi connectivity index (χ3v) is 2.01. The molecular formula is C9H9ClF3NO2. The summed E-state index contributed by atoms with van der Waals surface area (Å²) in [5, 5.41) is 0. The van der Waals surface area contributed by atoms with Crippen molar-refractivity contribution in [2.45, 2.75) is 19.2 Å². The Balaban J connectivity index is 3.20. The molecule has 0 N–H and O–H groups in total. The monoisotopic (exact) mass is 255 g/mol. The van der Waals surface area contributed by atoms with Crippen molar-refractivity contribution < 1.29 is 22.6 Å². The summed E-state index contributed by atoms with van der Waals surface area (Å²) in [5.41, 5.74) is 0.428. The number of hydrogen-bond donors (Lipinski definition) is 0. The Morgan fingerprint density at radius 2 is 2.06 bits per heavy atom. The van der Waals surface area contributed by atoms with Gasteiger partial charge in [0.05, 0.1) is 18.6 Å². The molecule has 16 heavy (non-hydrogen) atoms. The summed E-state index contributed by atoms with van der Waals surface area (Å²) in [4.78, 5) is 3.63. The van der Waals surface area contributed by atoms with E-state index in [0.29, 0.717) is 5.69 Å². The topological polar surface area (TPSA) is 31.4 Å². The Bertz CT molecular complexity index is 382. The van der Waals surface area contributed by atoms with E-state index in [2.05, 4.69) is 9.72 Å².